The van der Waals surface area contributed by atoms with Crippen molar-refractivity contribution in [3.8, 4) is 28.4 Å². The van der Waals surface area contributed by atoms with E-state index in [0.717, 1.165) is 11.1 Å². The number of ether oxygens (including phenoxy) is 3. The number of urea groups is 1. The standard InChI is InChI=1S/C24H25N3O5/c1-4-32-21-13-16(12-18(22(21)31-3)15-8-6-5-7-9-15)23(28)26-17-10-11-19(27-24(25)29)20(14-17)30-2/h5-14H,4H2,1-3H3,(H,26,28)(H3,25,27,29). The average Bonchev–Trinajstić information content (AvgIpc) is 2.80. The maximum Gasteiger partial charge on any atom is 0.316 e. The number of amides is 3. The average molecular weight is 435 g/mol. The van der Waals surface area contributed by atoms with E-state index >= 15 is 0 Å². The smallest absolute Gasteiger partial charge is 0.316 e. The molecular formula is C24H25N3O5. The molecule has 0 heterocycles. The van der Waals surface area contributed by atoms with Crippen LogP contribution in [0.2, 0.25) is 0 Å². The number of hydrogen-bond donors (Lipinski definition) is 3. The van der Waals surface area contributed by atoms with Crippen LogP contribution in [0.3, 0.4) is 0 Å². The van der Waals surface area contributed by atoms with Gasteiger partial charge in [-0.05, 0) is 36.8 Å². The highest BCUT2D eigenvalue weighted by Gasteiger charge is 2.18. The minimum atomic E-state index is -0.713. The van der Waals surface area contributed by atoms with Crippen molar-refractivity contribution in [3.63, 3.8) is 0 Å². The number of primary amides is 1. The predicted octanol–water partition coefficient (Wildman–Crippen LogP) is 4.51. The van der Waals surface area contributed by atoms with Gasteiger partial charge >= 0.3 is 6.03 Å². The first kappa shape index (κ1) is 22.5. The fourth-order valence-electron chi connectivity index (χ4n) is 3.25. The van der Waals surface area contributed by atoms with Gasteiger partial charge in [0.1, 0.15) is 5.75 Å². The summed E-state index contributed by atoms with van der Waals surface area (Å²) in [6, 6.07) is 17.1. The van der Waals surface area contributed by atoms with E-state index in [1.807, 2.05) is 37.3 Å². The molecule has 8 heteroatoms. The zero-order chi connectivity index (χ0) is 23.1. The molecule has 3 rings (SSSR count). The predicted molar refractivity (Wildman–Crippen MR) is 124 cm³/mol. The first-order valence-electron chi connectivity index (χ1n) is 9.92. The second-order valence-electron chi connectivity index (χ2n) is 6.71. The van der Waals surface area contributed by atoms with Crippen LogP contribution in [0.25, 0.3) is 11.1 Å². The van der Waals surface area contributed by atoms with Gasteiger partial charge in [0, 0.05) is 22.9 Å². The van der Waals surface area contributed by atoms with E-state index in [2.05, 4.69) is 10.6 Å². The molecule has 0 aromatic heterocycles. The van der Waals surface area contributed by atoms with E-state index in [0.29, 0.717) is 40.8 Å². The molecule has 0 atom stereocenters. The molecule has 3 aromatic rings. The molecule has 0 bridgehead atoms. The number of anilines is 2. The molecule has 3 amide bonds. The highest BCUT2D eigenvalue weighted by molar-refractivity contribution is 6.06. The van der Waals surface area contributed by atoms with Crippen LogP contribution in [0.15, 0.2) is 60.7 Å². The van der Waals surface area contributed by atoms with E-state index < -0.39 is 6.03 Å². The van der Waals surface area contributed by atoms with Crippen LogP contribution in [0.4, 0.5) is 16.2 Å². The fourth-order valence-corrected chi connectivity index (χ4v) is 3.25. The van der Waals surface area contributed by atoms with Crippen LogP contribution in [-0.4, -0.2) is 32.8 Å². The number of methoxy groups -OCH3 is 2. The molecule has 0 fully saturated rings. The Kier molecular flexibility index (Phi) is 7.17. The van der Waals surface area contributed by atoms with Gasteiger partial charge in [-0.25, -0.2) is 4.79 Å². The molecule has 0 unspecified atom stereocenters. The first-order valence-corrected chi connectivity index (χ1v) is 9.92. The Bertz CT molecular complexity index is 1120. The summed E-state index contributed by atoms with van der Waals surface area (Å²) in [5, 5.41) is 5.31. The number of hydrogen-bond acceptors (Lipinski definition) is 5. The van der Waals surface area contributed by atoms with Crippen molar-refractivity contribution in [2.24, 2.45) is 5.73 Å². The van der Waals surface area contributed by atoms with Crippen LogP contribution in [-0.2, 0) is 0 Å². The summed E-state index contributed by atoms with van der Waals surface area (Å²) in [4.78, 5) is 24.2. The van der Waals surface area contributed by atoms with Gasteiger partial charge in [0.15, 0.2) is 11.5 Å². The molecule has 32 heavy (non-hydrogen) atoms. The second kappa shape index (κ2) is 10.2. The quantitative estimate of drug-likeness (QED) is 0.482. The molecule has 0 aliphatic rings. The van der Waals surface area contributed by atoms with Crippen LogP contribution < -0.4 is 30.6 Å². The lowest BCUT2D eigenvalue weighted by Gasteiger charge is -2.17. The monoisotopic (exact) mass is 435 g/mol. The summed E-state index contributed by atoms with van der Waals surface area (Å²) in [7, 11) is 3.02. The maximum absolute atomic E-state index is 13.1. The van der Waals surface area contributed by atoms with E-state index in [4.69, 9.17) is 19.9 Å². The lowest BCUT2D eigenvalue weighted by Crippen LogP contribution is -2.19. The zero-order valence-corrected chi connectivity index (χ0v) is 18.1. The van der Waals surface area contributed by atoms with Crippen LogP contribution in [0.1, 0.15) is 17.3 Å². The molecule has 0 aliphatic carbocycles. The van der Waals surface area contributed by atoms with Gasteiger partial charge in [-0.3, -0.25) is 4.79 Å². The molecule has 0 saturated carbocycles. The zero-order valence-electron chi connectivity index (χ0n) is 18.1. The van der Waals surface area contributed by atoms with Crippen LogP contribution >= 0.6 is 0 Å². The van der Waals surface area contributed by atoms with E-state index in [1.165, 1.54) is 7.11 Å². The minimum Gasteiger partial charge on any atom is -0.494 e. The minimum absolute atomic E-state index is 0.344. The summed E-state index contributed by atoms with van der Waals surface area (Å²) in [5.74, 6) is 1.04. The van der Waals surface area contributed by atoms with Gasteiger partial charge in [-0.15, -0.1) is 0 Å². The number of rotatable bonds is 8. The van der Waals surface area contributed by atoms with Crippen molar-refractivity contribution >= 4 is 23.3 Å². The summed E-state index contributed by atoms with van der Waals surface area (Å²) >= 11 is 0. The first-order chi connectivity index (χ1) is 15.5. The van der Waals surface area contributed by atoms with Crippen molar-refractivity contribution in [1.82, 2.24) is 0 Å². The molecule has 0 radical (unpaired) electrons. The van der Waals surface area contributed by atoms with Crippen molar-refractivity contribution in [2.75, 3.05) is 31.5 Å². The third-order valence-corrected chi connectivity index (χ3v) is 4.62. The highest BCUT2D eigenvalue weighted by atomic mass is 16.5. The third kappa shape index (κ3) is 5.10. The topological polar surface area (TPSA) is 112 Å². The normalized spacial score (nSPS) is 10.2. The van der Waals surface area contributed by atoms with Crippen molar-refractivity contribution in [1.29, 1.82) is 0 Å². The SMILES string of the molecule is CCOc1cc(C(=O)Nc2ccc(NC(N)=O)c(OC)c2)cc(-c2ccccc2)c1OC. The van der Waals surface area contributed by atoms with Gasteiger partial charge in [0.25, 0.3) is 5.91 Å². The Morgan fingerprint density at radius 1 is 0.906 bits per heavy atom. The molecule has 0 aliphatic heterocycles. The van der Waals surface area contributed by atoms with Crippen LogP contribution in [0, 0.1) is 0 Å². The summed E-state index contributed by atoms with van der Waals surface area (Å²) in [6.07, 6.45) is 0. The molecule has 166 valence electrons. The van der Waals surface area contributed by atoms with Crippen LogP contribution in [0.5, 0.6) is 17.2 Å². The number of nitrogens with two attached hydrogens (primary N) is 1. The number of nitrogens with one attached hydrogen (secondary N) is 2. The fraction of sp³-hybridized carbons (Fsp3) is 0.167. The van der Waals surface area contributed by atoms with E-state index in [1.54, 1.807) is 37.4 Å². The van der Waals surface area contributed by atoms with Gasteiger partial charge < -0.3 is 30.6 Å². The summed E-state index contributed by atoms with van der Waals surface area (Å²) < 4.78 is 16.6. The largest absolute Gasteiger partial charge is 0.494 e. The maximum atomic E-state index is 13.1. The Hall–Kier alpha value is -4.20. The van der Waals surface area contributed by atoms with Gasteiger partial charge in [-0.2, -0.15) is 0 Å². The Labute approximate surface area is 186 Å². The molecule has 3 aromatic carbocycles. The molecule has 0 saturated heterocycles. The molecular weight excluding hydrogens is 410 g/mol. The summed E-state index contributed by atoms with van der Waals surface area (Å²) in [6.45, 7) is 2.28. The summed E-state index contributed by atoms with van der Waals surface area (Å²) in [5.41, 5.74) is 8.07. The highest BCUT2D eigenvalue weighted by Crippen LogP contribution is 2.39. The van der Waals surface area contributed by atoms with E-state index in [-0.39, 0.29) is 5.91 Å². The van der Waals surface area contributed by atoms with Crippen molar-refractivity contribution < 1.29 is 23.8 Å². The van der Waals surface area contributed by atoms with Gasteiger partial charge in [0.05, 0.1) is 26.5 Å². The Morgan fingerprint density at radius 2 is 1.66 bits per heavy atom. The number of benzene rings is 3. The Morgan fingerprint density at radius 3 is 2.28 bits per heavy atom. The third-order valence-electron chi connectivity index (χ3n) is 4.62. The van der Waals surface area contributed by atoms with E-state index in [9.17, 15) is 9.59 Å². The van der Waals surface area contributed by atoms with Gasteiger partial charge in [-0.1, -0.05) is 30.3 Å². The Balaban J connectivity index is 1.97. The van der Waals surface area contributed by atoms with Crippen molar-refractivity contribution in [2.45, 2.75) is 6.92 Å². The van der Waals surface area contributed by atoms with Crippen molar-refractivity contribution in [3.05, 3.63) is 66.2 Å². The molecule has 8 nitrogen and oxygen atoms in total. The molecule has 4 N–H and O–H groups in total. The number of carbonyl (C=O) groups is 2. The lowest BCUT2D eigenvalue weighted by atomic mass is 10.0. The lowest BCUT2D eigenvalue weighted by molar-refractivity contribution is 0.102. The molecule has 0 spiro atoms. The van der Waals surface area contributed by atoms with Gasteiger partial charge in [0.2, 0.25) is 0 Å². The number of carbonyl (C=O) groups excluding carboxylic acids is 2. The second-order valence-corrected chi connectivity index (χ2v) is 6.71.